The van der Waals surface area contributed by atoms with Gasteiger partial charge in [-0.2, -0.15) is 0 Å². The molecule has 0 radical (unpaired) electrons. The molecule has 3 N–H and O–H groups in total. The molecule has 128 valence electrons. The quantitative estimate of drug-likeness (QED) is 0.708. The van der Waals surface area contributed by atoms with E-state index in [-0.39, 0.29) is 12.0 Å². The normalized spacial score (nSPS) is 20.5. The molecule has 23 heavy (non-hydrogen) atoms. The van der Waals surface area contributed by atoms with E-state index in [1.807, 2.05) is 6.92 Å². The summed E-state index contributed by atoms with van der Waals surface area (Å²) in [6, 6.07) is 5.21. The Kier molecular flexibility index (Phi) is 7.11. The van der Waals surface area contributed by atoms with Crippen molar-refractivity contribution in [3.8, 4) is 5.75 Å². The van der Waals surface area contributed by atoms with E-state index in [0.717, 1.165) is 6.42 Å². The Morgan fingerprint density at radius 2 is 2.26 bits per heavy atom. The standard InChI is InChI=1S/C16H23ClN2O4/c1-2-21-8-9-22-15-12(17)4-3-5-13(15)19-16(20)14-7-6-11(10-18)23-14/h3-5,11,14H,2,6-10,18H2,1H3,(H,19,20)/t11-,14+/m1/s1. The molecular formula is C16H23ClN2O4. The highest BCUT2D eigenvalue weighted by atomic mass is 35.5. The molecule has 1 amide bonds. The number of carbonyl (C=O) groups is 1. The largest absolute Gasteiger partial charge is 0.487 e. The first-order valence-electron chi connectivity index (χ1n) is 7.81. The van der Waals surface area contributed by atoms with Gasteiger partial charge >= 0.3 is 0 Å². The number of benzene rings is 1. The molecule has 6 nitrogen and oxygen atoms in total. The fourth-order valence-corrected chi connectivity index (χ4v) is 2.62. The number of para-hydroxylation sites is 1. The van der Waals surface area contributed by atoms with Gasteiger partial charge in [0, 0.05) is 13.2 Å². The van der Waals surface area contributed by atoms with E-state index < -0.39 is 6.10 Å². The lowest BCUT2D eigenvalue weighted by molar-refractivity contribution is -0.126. The molecule has 0 spiro atoms. The first-order chi connectivity index (χ1) is 11.2. The maximum Gasteiger partial charge on any atom is 0.253 e. The molecule has 0 aromatic heterocycles. The molecule has 2 rings (SSSR count). The van der Waals surface area contributed by atoms with Gasteiger partial charge in [-0.3, -0.25) is 4.79 Å². The Hall–Kier alpha value is -1.34. The van der Waals surface area contributed by atoms with Crippen molar-refractivity contribution in [2.24, 2.45) is 5.73 Å². The highest BCUT2D eigenvalue weighted by molar-refractivity contribution is 6.32. The van der Waals surface area contributed by atoms with Crippen molar-refractivity contribution >= 4 is 23.2 Å². The van der Waals surface area contributed by atoms with Crippen LogP contribution in [0.4, 0.5) is 5.69 Å². The third-order valence-electron chi connectivity index (χ3n) is 3.57. The van der Waals surface area contributed by atoms with Crippen LogP contribution in [-0.2, 0) is 14.3 Å². The SMILES string of the molecule is CCOCCOc1c(Cl)cccc1NC(=O)[C@@H]1CC[C@H](CN)O1. The smallest absolute Gasteiger partial charge is 0.253 e. The second kappa shape index (κ2) is 9.08. The zero-order chi connectivity index (χ0) is 16.7. The van der Waals surface area contributed by atoms with E-state index in [9.17, 15) is 4.79 Å². The third-order valence-corrected chi connectivity index (χ3v) is 3.86. The van der Waals surface area contributed by atoms with Crippen molar-refractivity contribution in [3.63, 3.8) is 0 Å². The summed E-state index contributed by atoms with van der Waals surface area (Å²) in [5.41, 5.74) is 6.09. The van der Waals surface area contributed by atoms with Gasteiger partial charge in [-0.25, -0.2) is 0 Å². The van der Waals surface area contributed by atoms with Gasteiger partial charge in [0.15, 0.2) is 5.75 Å². The Labute approximate surface area is 141 Å². The average molecular weight is 343 g/mol. The van der Waals surface area contributed by atoms with Crippen LogP contribution in [0.5, 0.6) is 5.75 Å². The minimum atomic E-state index is -0.487. The fraction of sp³-hybridized carbons (Fsp3) is 0.562. The van der Waals surface area contributed by atoms with Gasteiger partial charge in [0.05, 0.1) is 23.4 Å². The lowest BCUT2D eigenvalue weighted by atomic mass is 10.2. The van der Waals surface area contributed by atoms with E-state index in [1.54, 1.807) is 18.2 Å². The molecule has 2 atom stereocenters. The van der Waals surface area contributed by atoms with Crippen molar-refractivity contribution < 1.29 is 19.0 Å². The average Bonchev–Trinajstić information content (AvgIpc) is 3.03. The van der Waals surface area contributed by atoms with E-state index in [0.29, 0.717) is 49.2 Å². The Bertz CT molecular complexity index is 527. The molecule has 1 heterocycles. The lowest BCUT2D eigenvalue weighted by Gasteiger charge is -2.16. The van der Waals surface area contributed by atoms with Crippen LogP contribution in [0.25, 0.3) is 0 Å². The summed E-state index contributed by atoms with van der Waals surface area (Å²) in [5.74, 6) is 0.230. The maximum absolute atomic E-state index is 12.3. The maximum atomic E-state index is 12.3. The Morgan fingerprint density at radius 3 is 2.96 bits per heavy atom. The number of amides is 1. The number of halogens is 1. The molecule has 0 unspecified atom stereocenters. The molecule has 0 saturated carbocycles. The summed E-state index contributed by atoms with van der Waals surface area (Å²) < 4.78 is 16.5. The summed E-state index contributed by atoms with van der Waals surface area (Å²) in [4.78, 5) is 12.3. The van der Waals surface area contributed by atoms with Crippen LogP contribution in [-0.4, -0.2) is 44.5 Å². The topological polar surface area (TPSA) is 82.8 Å². The van der Waals surface area contributed by atoms with E-state index in [2.05, 4.69) is 5.32 Å². The van der Waals surface area contributed by atoms with Crippen LogP contribution in [0.1, 0.15) is 19.8 Å². The molecule has 1 aliphatic rings. The number of rotatable bonds is 8. The number of hydrogen-bond donors (Lipinski definition) is 2. The van der Waals surface area contributed by atoms with E-state index >= 15 is 0 Å². The van der Waals surface area contributed by atoms with Crippen LogP contribution < -0.4 is 15.8 Å². The monoisotopic (exact) mass is 342 g/mol. The van der Waals surface area contributed by atoms with Crippen molar-refractivity contribution in [2.75, 3.05) is 31.7 Å². The Morgan fingerprint density at radius 1 is 1.43 bits per heavy atom. The number of nitrogens with two attached hydrogens (primary N) is 1. The highest BCUT2D eigenvalue weighted by Gasteiger charge is 2.30. The highest BCUT2D eigenvalue weighted by Crippen LogP contribution is 2.33. The lowest BCUT2D eigenvalue weighted by Crippen LogP contribution is -2.30. The fourth-order valence-electron chi connectivity index (χ4n) is 2.39. The van der Waals surface area contributed by atoms with Gasteiger partial charge in [-0.15, -0.1) is 0 Å². The number of anilines is 1. The molecule has 0 bridgehead atoms. The number of nitrogens with one attached hydrogen (secondary N) is 1. The molecule has 1 fully saturated rings. The molecule has 0 aliphatic carbocycles. The summed E-state index contributed by atoms with van der Waals surface area (Å²) in [7, 11) is 0. The van der Waals surface area contributed by atoms with Crippen molar-refractivity contribution in [1.82, 2.24) is 0 Å². The predicted molar refractivity (Wildman–Crippen MR) is 89.0 cm³/mol. The third kappa shape index (κ3) is 5.07. The van der Waals surface area contributed by atoms with Crippen molar-refractivity contribution in [3.05, 3.63) is 23.2 Å². The van der Waals surface area contributed by atoms with Gasteiger partial charge in [-0.1, -0.05) is 17.7 Å². The number of ether oxygens (including phenoxy) is 3. The van der Waals surface area contributed by atoms with Crippen LogP contribution in [0.3, 0.4) is 0 Å². The van der Waals surface area contributed by atoms with Crippen molar-refractivity contribution in [2.45, 2.75) is 32.0 Å². The van der Waals surface area contributed by atoms with Crippen molar-refractivity contribution in [1.29, 1.82) is 0 Å². The minimum Gasteiger partial charge on any atom is -0.487 e. The van der Waals surface area contributed by atoms with Crippen LogP contribution in [0, 0.1) is 0 Å². The summed E-state index contributed by atoms with van der Waals surface area (Å²) in [6.45, 7) is 3.77. The van der Waals surface area contributed by atoms with Crippen LogP contribution in [0.15, 0.2) is 18.2 Å². The van der Waals surface area contributed by atoms with E-state index in [1.165, 1.54) is 0 Å². The predicted octanol–water partition coefficient (Wildman–Crippen LogP) is 2.20. The van der Waals surface area contributed by atoms with Gasteiger partial charge < -0.3 is 25.3 Å². The first kappa shape index (κ1) is 18.0. The van der Waals surface area contributed by atoms with Gasteiger partial charge in [-0.05, 0) is 31.9 Å². The molecule has 7 heteroatoms. The first-order valence-corrected chi connectivity index (χ1v) is 8.19. The second-order valence-electron chi connectivity index (χ2n) is 5.21. The summed E-state index contributed by atoms with van der Waals surface area (Å²) in [6.07, 6.45) is 0.919. The molecule has 1 aliphatic heterocycles. The van der Waals surface area contributed by atoms with Crippen LogP contribution in [0.2, 0.25) is 5.02 Å². The molecule has 1 aromatic rings. The zero-order valence-corrected chi connectivity index (χ0v) is 14.0. The second-order valence-corrected chi connectivity index (χ2v) is 5.62. The minimum absolute atomic E-state index is 0.0491. The number of carbonyl (C=O) groups excluding carboxylic acids is 1. The summed E-state index contributed by atoms with van der Waals surface area (Å²) >= 11 is 6.17. The van der Waals surface area contributed by atoms with Gasteiger partial charge in [0.1, 0.15) is 12.7 Å². The van der Waals surface area contributed by atoms with E-state index in [4.69, 9.17) is 31.5 Å². The molecule has 1 aromatic carbocycles. The number of hydrogen-bond acceptors (Lipinski definition) is 5. The molecule has 1 saturated heterocycles. The van der Waals surface area contributed by atoms with Crippen LogP contribution >= 0.6 is 11.6 Å². The molecular weight excluding hydrogens is 320 g/mol. The van der Waals surface area contributed by atoms with Gasteiger partial charge in [0.25, 0.3) is 5.91 Å². The van der Waals surface area contributed by atoms with Gasteiger partial charge in [0.2, 0.25) is 0 Å². The zero-order valence-electron chi connectivity index (χ0n) is 13.2. The Balaban J connectivity index is 1.98. The summed E-state index contributed by atoms with van der Waals surface area (Å²) in [5, 5.41) is 3.26.